The Hall–Kier alpha value is -2.47. The van der Waals surface area contributed by atoms with E-state index in [4.69, 9.17) is 4.74 Å². The summed E-state index contributed by atoms with van der Waals surface area (Å²) in [4.78, 5) is 15.5. The Bertz CT molecular complexity index is 1030. The molecule has 160 valence electrons. The predicted octanol–water partition coefficient (Wildman–Crippen LogP) is 4.72. The van der Waals surface area contributed by atoms with E-state index < -0.39 is 6.10 Å². The molecule has 3 aromatic rings. The molecule has 0 bridgehead atoms. The highest BCUT2D eigenvalue weighted by Crippen LogP contribution is 2.37. The molecule has 31 heavy (non-hydrogen) atoms. The van der Waals surface area contributed by atoms with Crippen molar-refractivity contribution in [3.8, 4) is 16.2 Å². The number of ether oxygens (including phenoxy) is 1. The third-order valence-electron chi connectivity index (χ3n) is 6.44. The topological polar surface area (TPSA) is 58.6 Å². The Morgan fingerprint density at radius 1 is 1.00 bits per heavy atom. The highest BCUT2D eigenvalue weighted by atomic mass is 32.1. The fourth-order valence-electron chi connectivity index (χ4n) is 4.68. The molecule has 0 amide bonds. The van der Waals surface area contributed by atoms with E-state index in [1.165, 1.54) is 15.3 Å². The van der Waals surface area contributed by atoms with Crippen LogP contribution in [-0.2, 0) is 6.42 Å². The lowest BCUT2D eigenvalue weighted by Gasteiger charge is -2.25. The zero-order chi connectivity index (χ0) is 21.2. The second-order valence-corrected chi connectivity index (χ2v) is 9.60. The van der Waals surface area contributed by atoms with Crippen molar-refractivity contribution in [2.75, 3.05) is 6.54 Å². The van der Waals surface area contributed by atoms with Gasteiger partial charge in [0.2, 0.25) is 0 Å². The van der Waals surface area contributed by atoms with Crippen LogP contribution in [0.1, 0.15) is 34.5 Å². The smallest absolute Gasteiger partial charge is 0.168 e. The number of nitrogens with one attached hydrogen (secondary N) is 1. The number of thiophene rings is 1. The van der Waals surface area contributed by atoms with Crippen LogP contribution in [0.25, 0.3) is 10.4 Å². The number of aliphatic hydroxyl groups excluding tert-OH is 1. The quantitative estimate of drug-likeness (QED) is 0.591. The van der Waals surface area contributed by atoms with Crippen molar-refractivity contribution in [2.45, 2.75) is 43.9 Å². The standard InChI is InChI=1S/C26H27NO3S/c28-25-18(11-14-23-20(25)15-24(31-23)17-7-3-1-4-8-17)16-27-21-12-13-22(26(21)29)30-19-9-5-2-6-10-19/h1-10,15,18,21-22,26-27,29H,11-14,16H2. The second kappa shape index (κ2) is 8.95. The fraction of sp³-hybridized carbons (Fsp3) is 0.346. The van der Waals surface area contributed by atoms with Gasteiger partial charge in [0.05, 0.1) is 0 Å². The minimum absolute atomic E-state index is 0.0352. The highest BCUT2D eigenvalue weighted by molar-refractivity contribution is 7.15. The summed E-state index contributed by atoms with van der Waals surface area (Å²) in [6.07, 6.45) is 2.68. The van der Waals surface area contributed by atoms with Crippen LogP contribution in [0.5, 0.6) is 5.75 Å². The molecule has 2 aliphatic carbocycles. The van der Waals surface area contributed by atoms with Gasteiger partial charge >= 0.3 is 0 Å². The van der Waals surface area contributed by atoms with E-state index in [0.29, 0.717) is 6.54 Å². The molecule has 5 rings (SSSR count). The number of carbonyl (C=O) groups is 1. The maximum atomic E-state index is 13.1. The van der Waals surface area contributed by atoms with Crippen LogP contribution in [0.4, 0.5) is 0 Å². The molecule has 0 saturated heterocycles. The van der Waals surface area contributed by atoms with Gasteiger partial charge in [-0.3, -0.25) is 4.79 Å². The van der Waals surface area contributed by atoms with Gasteiger partial charge in [0, 0.05) is 33.8 Å². The molecule has 1 saturated carbocycles. The summed E-state index contributed by atoms with van der Waals surface area (Å²) in [6.45, 7) is 0.606. The van der Waals surface area contributed by atoms with Gasteiger partial charge in [-0.1, -0.05) is 48.5 Å². The molecule has 2 aromatic carbocycles. The maximum absolute atomic E-state index is 13.1. The zero-order valence-electron chi connectivity index (χ0n) is 17.4. The third-order valence-corrected chi connectivity index (χ3v) is 7.68. The van der Waals surface area contributed by atoms with Crippen LogP contribution in [-0.4, -0.2) is 35.7 Å². The van der Waals surface area contributed by atoms with Crippen molar-refractivity contribution < 1.29 is 14.6 Å². The molecular weight excluding hydrogens is 406 g/mol. The van der Waals surface area contributed by atoms with E-state index in [1.54, 1.807) is 11.3 Å². The maximum Gasteiger partial charge on any atom is 0.168 e. The number of fused-ring (bicyclic) bond motifs is 1. The molecule has 0 radical (unpaired) electrons. The van der Waals surface area contributed by atoms with Crippen LogP contribution in [0.15, 0.2) is 66.7 Å². The van der Waals surface area contributed by atoms with Gasteiger partial charge in [0.25, 0.3) is 0 Å². The predicted molar refractivity (Wildman–Crippen MR) is 124 cm³/mol. The Morgan fingerprint density at radius 3 is 2.52 bits per heavy atom. The molecule has 0 spiro atoms. The van der Waals surface area contributed by atoms with Crippen LogP contribution >= 0.6 is 11.3 Å². The van der Waals surface area contributed by atoms with Crippen molar-refractivity contribution in [1.29, 1.82) is 0 Å². The zero-order valence-corrected chi connectivity index (χ0v) is 18.2. The lowest BCUT2D eigenvalue weighted by Crippen LogP contribution is -2.44. The molecule has 2 N–H and O–H groups in total. The summed E-state index contributed by atoms with van der Waals surface area (Å²) in [6, 6.07) is 21.9. The number of rotatable bonds is 6. The summed E-state index contributed by atoms with van der Waals surface area (Å²) in [7, 11) is 0. The Kier molecular flexibility index (Phi) is 5.90. The van der Waals surface area contributed by atoms with Gasteiger partial charge in [-0.15, -0.1) is 11.3 Å². The van der Waals surface area contributed by atoms with E-state index >= 15 is 0 Å². The van der Waals surface area contributed by atoms with Crippen molar-refractivity contribution in [3.05, 3.63) is 77.2 Å². The first-order valence-electron chi connectivity index (χ1n) is 11.0. The van der Waals surface area contributed by atoms with E-state index in [2.05, 4.69) is 23.5 Å². The van der Waals surface area contributed by atoms with E-state index in [-0.39, 0.29) is 23.8 Å². The van der Waals surface area contributed by atoms with Gasteiger partial charge in [-0.25, -0.2) is 0 Å². The average molecular weight is 434 g/mol. The number of hydrogen-bond acceptors (Lipinski definition) is 5. The van der Waals surface area contributed by atoms with Crippen LogP contribution in [0.2, 0.25) is 0 Å². The lowest BCUT2D eigenvalue weighted by molar-refractivity contribution is 0.0442. The molecule has 4 nitrogen and oxygen atoms in total. The number of Topliss-reactive ketones (excluding diaryl/α,β-unsaturated/α-hetero) is 1. The number of carbonyl (C=O) groups excluding carboxylic acids is 1. The number of aliphatic hydroxyl groups is 1. The van der Waals surface area contributed by atoms with Gasteiger partial charge in [0.1, 0.15) is 18.0 Å². The molecule has 4 unspecified atom stereocenters. The number of hydrogen-bond donors (Lipinski definition) is 2. The van der Waals surface area contributed by atoms with Gasteiger partial charge in [-0.05, 0) is 49.4 Å². The summed E-state index contributed by atoms with van der Waals surface area (Å²) in [5, 5.41) is 14.2. The third kappa shape index (κ3) is 4.31. The molecule has 2 aliphatic rings. The first-order valence-corrected chi connectivity index (χ1v) is 11.9. The number of aryl methyl sites for hydroxylation is 1. The average Bonchev–Trinajstić information content (AvgIpc) is 3.39. The molecule has 5 heteroatoms. The normalized spacial score (nSPS) is 25.4. The van der Waals surface area contributed by atoms with E-state index in [1.807, 2.05) is 48.5 Å². The summed E-state index contributed by atoms with van der Waals surface area (Å²) < 4.78 is 5.97. The Labute approximate surface area is 186 Å². The van der Waals surface area contributed by atoms with Crippen LogP contribution < -0.4 is 10.1 Å². The summed E-state index contributed by atoms with van der Waals surface area (Å²) >= 11 is 1.74. The molecule has 4 atom stereocenters. The summed E-state index contributed by atoms with van der Waals surface area (Å²) in [5.74, 6) is 0.984. The van der Waals surface area contributed by atoms with Crippen molar-refractivity contribution in [1.82, 2.24) is 5.32 Å². The first-order chi connectivity index (χ1) is 15.2. The lowest BCUT2D eigenvalue weighted by atomic mass is 9.86. The Morgan fingerprint density at radius 2 is 1.74 bits per heavy atom. The highest BCUT2D eigenvalue weighted by Gasteiger charge is 2.37. The number of benzene rings is 2. The van der Waals surface area contributed by atoms with Gasteiger partial charge < -0.3 is 15.2 Å². The summed E-state index contributed by atoms with van der Waals surface area (Å²) in [5.41, 5.74) is 2.06. The molecule has 1 heterocycles. The monoisotopic (exact) mass is 433 g/mol. The minimum atomic E-state index is -0.569. The SMILES string of the molecule is O=C1c2cc(-c3ccccc3)sc2CCC1CNC1CCC(Oc2ccccc2)C1O. The molecule has 0 aliphatic heterocycles. The first kappa shape index (κ1) is 20.4. The van der Waals surface area contributed by atoms with E-state index in [0.717, 1.165) is 37.0 Å². The largest absolute Gasteiger partial charge is 0.488 e. The molecule has 1 fully saturated rings. The fourth-order valence-corrected chi connectivity index (χ4v) is 5.87. The minimum Gasteiger partial charge on any atom is -0.488 e. The van der Waals surface area contributed by atoms with Gasteiger partial charge in [-0.2, -0.15) is 0 Å². The van der Waals surface area contributed by atoms with Crippen LogP contribution in [0.3, 0.4) is 0 Å². The van der Waals surface area contributed by atoms with Crippen molar-refractivity contribution >= 4 is 17.1 Å². The molecule has 1 aromatic heterocycles. The van der Waals surface area contributed by atoms with Crippen molar-refractivity contribution in [3.63, 3.8) is 0 Å². The number of ketones is 1. The molecular formula is C26H27NO3S. The van der Waals surface area contributed by atoms with E-state index in [9.17, 15) is 9.90 Å². The second-order valence-electron chi connectivity index (χ2n) is 8.47. The van der Waals surface area contributed by atoms with Gasteiger partial charge in [0.15, 0.2) is 5.78 Å². The number of para-hydroxylation sites is 1. The van der Waals surface area contributed by atoms with Crippen molar-refractivity contribution in [2.24, 2.45) is 5.92 Å². The van der Waals surface area contributed by atoms with Crippen LogP contribution in [0, 0.1) is 5.92 Å². The Balaban J connectivity index is 1.19.